The van der Waals surface area contributed by atoms with Gasteiger partial charge in [0.1, 0.15) is 0 Å². The maximum absolute atomic E-state index is 3.68. The Morgan fingerprint density at radius 2 is 1.55 bits per heavy atom. The molecule has 0 heterocycles. The molecule has 0 saturated heterocycles. The molecule has 0 aliphatic carbocycles. The molecule has 0 bridgehead atoms. The molecule has 1 N–H and O–H groups in total. The predicted octanol–water partition coefficient (Wildman–Crippen LogP) is 5.10. The van der Waals surface area contributed by atoms with Crippen LogP contribution in [0.25, 0.3) is 0 Å². The number of hydrogen-bond donors (Lipinski definition) is 1. The van der Waals surface area contributed by atoms with Gasteiger partial charge in [0.2, 0.25) is 0 Å². The fourth-order valence-electron chi connectivity index (χ4n) is 2.72. The lowest BCUT2D eigenvalue weighted by Crippen LogP contribution is -2.28. The molecule has 1 unspecified atom stereocenters. The number of halogens is 1. The van der Waals surface area contributed by atoms with Gasteiger partial charge in [-0.25, -0.2) is 0 Å². The average Bonchev–Trinajstić information content (AvgIpc) is 2.50. The molecule has 0 aromatic heterocycles. The summed E-state index contributed by atoms with van der Waals surface area (Å²) in [7, 11) is 0. The monoisotopic (exact) mass is 359 g/mol. The topological polar surface area (TPSA) is 12.0 Å². The molecule has 2 aromatic carbocycles. The van der Waals surface area contributed by atoms with E-state index in [1.54, 1.807) is 0 Å². The Morgan fingerprint density at radius 3 is 2.23 bits per heavy atom. The summed E-state index contributed by atoms with van der Waals surface area (Å²) >= 11 is 3.68. The van der Waals surface area contributed by atoms with E-state index in [1.807, 2.05) is 0 Å². The minimum absolute atomic E-state index is 0.611. The Morgan fingerprint density at radius 1 is 0.864 bits per heavy atom. The van der Waals surface area contributed by atoms with Gasteiger partial charge in [-0.15, -0.1) is 0 Å². The molecule has 22 heavy (non-hydrogen) atoms. The zero-order valence-electron chi connectivity index (χ0n) is 13.6. The highest BCUT2D eigenvalue weighted by Gasteiger charge is 2.12. The second kappa shape index (κ2) is 9.12. The van der Waals surface area contributed by atoms with Crippen molar-refractivity contribution in [1.29, 1.82) is 0 Å². The quantitative estimate of drug-likeness (QED) is 0.691. The van der Waals surface area contributed by atoms with Crippen LogP contribution in [0.2, 0.25) is 0 Å². The first kappa shape index (κ1) is 17.2. The minimum Gasteiger partial charge on any atom is -0.316 e. The summed E-state index contributed by atoms with van der Waals surface area (Å²) in [5.74, 6) is 1.31. The van der Waals surface area contributed by atoms with Crippen LogP contribution in [0.3, 0.4) is 0 Å². The van der Waals surface area contributed by atoms with E-state index in [2.05, 4.69) is 89.7 Å². The summed E-state index contributed by atoms with van der Waals surface area (Å²) in [4.78, 5) is 0. The molecule has 0 saturated carbocycles. The van der Waals surface area contributed by atoms with Crippen LogP contribution in [0, 0.1) is 11.8 Å². The molecular weight excluding hydrogens is 334 g/mol. The zero-order valence-corrected chi connectivity index (χ0v) is 15.1. The maximum Gasteiger partial charge on any atom is 0.0207 e. The molecule has 2 aromatic rings. The summed E-state index contributed by atoms with van der Waals surface area (Å²) in [5, 5.41) is 3.63. The fourth-order valence-corrected chi connectivity index (χ4v) is 3.16. The third-order valence-electron chi connectivity index (χ3n) is 3.82. The number of nitrogens with one attached hydrogen (secondary N) is 1. The fraction of sp³-hybridized carbons (Fsp3) is 0.400. The van der Waals surface area contributed by atoms with Crippen LogP contribution in [0.5, 0.6) is 0 Å². The summed E-state index contributed by atoms with van der Waals surface area (Å²) in [5.41, 5.74) is 2.82. The molecule has 118 valence electrons. The Balaban J connectivity index is 2.02. The SMILES string of the molecule is CC(C)CNCC(Cc1ccccc1)Cc1ccccc1Br. The van der Waals surface area contributed by atoms with Gasteiger partial charge in [0.15, 0.2) is 0 Å². The molecule has 0 aliphatic rings. The molecule has 2 rings (SSSR count). The van der Waals surface area contributed by atoms with E-state index < -0.39 is 0 Å². The molecule has 0 fully saturated rings. The molecule has 0 radical (unpaired) electrons. The van der Waals surface area contributed by atoms with Gasteiger partial charge in [-0.2, -0.15) is 0 Å². The first-order chi connectivity index (χ1) is 10.6. The lowest BCUT2D eigenvalue weighted by atomic mass is 9.92. The van der Waals surface area contributed by atoms with Crippen molar-refractivity contribution in [2.24, 2.45) is 11.8 Å². The van der Waals surface area contributed by atoms with Crippen LogP contribution in [0.4, 0.5) is 0 Å². The van der Waals surface area contributed by atoms with Crippen LogP contribution >= 0.6 is 15.9 Å². The van der Waals surface area contributed by atoms with Crippen molar-refractivity contribution in [1.82, 2.24) is 5.32 Å². The van der Waals surface area contributed by atoms with Crippen LogP contribution < -0.4 is 5.32 Å². The summed E-state index contributed by atoms with van der Waals surface area (Å²) < 4.78 is 1.22. The van der Waals surface area contributed by atoms with Crippen molar-refractivity contribution < 1.29 is 0 Å². The summed E-state index contributed by atoms with van der Waals surface area (Å²) in [6.07, 6.45) is 2.22. The van der Waals surface area contributed by atoms with Crippen LogP contribution in [0.15, 0.2) is 59.1 Å². The zero-order chi connectivity index (χ0) is 15.8. The standard InChI is InChI=1S/C20H26BrN/c1-16(2)14-22-15-18(12-17-8-4-3-5-9-17)13-19-10-6-7-11-20(19)21/h3-11,16,18,22H,12-15H2,1-2H3. The molecule has 2 heteroatoms. The van der Waals surface area contributed by atoms with Crippen molar-refractivity contribution >= 4 is 15.9 Å². The van der Waals surface area contributed by atoms with Gasteiger partial charge >= 0.3 is 0 Å². The van der Waals surface area contributed by atoms with E-state index in [0.29, 0.717) is 11.8 Å². The molecule has 0 amide bonds. The van der Waals surface area contributed by atoms with E-state index in [9.17, 15) is 0 Å². The van der Waals surface area contributed by atoms with Crippen LogP contribution in [0.1, 0.15) is 25.0 Å². The van der Waals surface area contributed by atoms with Crippen LogP contribution in [-0.2, 0) is 12.8 Å². The van der Waals surface area contributed by atoms with Crippen molar-refractivity contribution in [3.8, 4) is 0 Å². The molecular formula is C20H26BrN. The number of rotatable bonds is 8. The highest BCUT2D eigenvalue weighted by molar-refractivity contribution is 9.10. The first-order valence-electron chi connectivity index (χ1n) is 8.13. The van der Waals surface area contributed by atoms with Crippen LogP contribution in [-0.4, -0.2) is 13.1 Å². The Labute approximate surface area is 143 Å². The predicted molar refractivity (Wildman–Crippen MR) is 99.2 cm³/mol. The maximum atomic E-state index is 3.68. The molecule has 0 spiro atoms. The third-order valence-corrected chi connectivity index (χ3v) is 4.59. The average molecular weight is 360 g/mol. The number of hydrogen-bond acceptors (Lipinski definition) is 1. The van der Waals surface area contributed by atoms with Gasteiger partial charge in [-0.05, 0) is 55.0 Å². The molecule has 1 nitrogen and oxygen atoms in total. The van der Waals surface area contributed by atoms with Gasteiger partial charge < -0.3 is 5.32 Å². The van der Waals surface area contributed by atoms with Gasteiger partial charge in [-0.1, -0.05) is 78.3 Å². The smallest absolute Gasteiger partial charge is 0.0207 e. The van der Waals surface area contributed by atoms with E-state index in [4.69, 9.17) is 0 Å². The Bertz CT molecular complexity index is 551. The van der Waals surface area contributed by atoms with Crippen molar-refractivity contribution in [3.05, 3.63) is 70.2 Å². The van der Waals surface area contributed by atoms with E-state index >= 15 is 0 Å². The van der Waals surface area contributed by atoms with Crippen molar-refractivity contribution in [2.45, 2.75) is 26.7 Å². The first-order valence-corrected chi connectivity index (χ1v) is 8.92. The number of benzene rings is 2. The highest BCUT2D eigenvalue weighted by atomic mass is 79.9. The van der Waals surface area contributed by atoms with Gasteiger partial charge in [0, 0.05) is 4.47 Å². The second-order valence-electron chi connectivity index (χ2n) is 6.40. The summed E-state index contributed by atoms with van der Waals surface area (Å²) in [6.45, 7) is 6.66. The highest BCUT2D eigenvalue weighted by Crippen LogP contribution is 2.21. The van der Waals surface area contributed by atoms with Crippen molar-refractivity contribution in [2.75, 3.05) is 13.1 Å². The lowest BCUT2D eigenvalue weighted by Gasteiger charge is -2.19. The van der Waals surface area contributed by atoms with Gasteiger partial charge in [-0.3, -0.25) is 0 Å². The van der Waals surface area contributed by atoms with E-state index in [-0.39, 0.29) is 0 Å². The largest absolute Gasteiger partial charge is 0.316 e. The normalized spacial score (nSPS) is 12.5. The Kier molecular flexibility index (Phi) is 7.14. The molecule has 1 atom stereocenters. The van der Waals surface area contributed by atoms with E-state index in [0.717, 1.165) is 25.9 Å². The summed E-state index contributed by atoms with van der Waals surface area (Å²) in [6, 6.07) is 19.4. The van der Waals surface area contributed by atoms with E-state index in [1.165, 1.54) is 15.6 Å². The molecule has 0 aliphatic heterocycles. The Hall–Kier alpha value is -1.12. The van der Waals surface area contributed by atoms with Crippen molar-refractivity contribution in [3.63, 3.8) is 0 Å². The third kappa shape index (κ3) is 5.94. The van der Waals surface area contributed by atoms with Gasteiger partial charge in [0.25, 0.3) is 0 Å². The van der Waals surface area contributed by atoms with Gasteiger partial charge in [0.05, 0.1) is 0 Å². The second-order valence-corrected chi connectivity index (χ2v) is 7.26. The lowest BCUT2D eigenvalue weighted by molar-refractivity contribution is 0.445. The minimum atomic E-state index is 0.611.